The number of H-pyrrole nitrogens is 1. The summed E-state index contributed by atoms with van der Waals surface area (Å²) in [5, 5.41) is 9.06. The number of benzene rings is 1. The summed E-state index contributed by atoms with van der Waals surface area (Å²) in [4.78, 5) is 0. The Kier molecular flexibility index (Phi) is 2.66. The van der Waals surface area contributed by atoms with Crippen LogP contribution in [0.25, 0.3) is 0 Å². The van der Waals surface area contributed by atoms with Gasteiger partial charge in [0.05, 0.1) is 5.56 Å². The number of anilines is 3. The zero-order chi connectivity index (χ0) is 12.5. The van der Waals surface area contributed by atoms with E-state index in [0.717, 1.165) is 12.1 Å². The molecule has 0 aliphatic heterocycles. The molecule has 0 bridgehead atoms. The van der Waals surface area contributed by atoms with Gasteiger partial charge >= 0.3 is 6.18 Å². The molecule has 4 nitrogen and oxygen atoms in total. The lowest BCUT2D eigenvalue weighted by Crippen LogP contribution is -2.04. The number of alkyl halides is 3. The topological polar surface area (TPSA) is 66.7 Å². The highest BCUT2D eigenvalue weighted by Gasteiger charge is 2.29. The molecule has 0 saturated heterocycles. The van der Waals surface area contributed by atoms with Gasteiger partial charge in [0.1, 0.15) is 5.69 Å². The first-order chi connectivity index (χ1) is 7.97. The standard InChI is InChI=1S/C10H9F3N4/c11-10(12,13)6-1-3-7(4-2-6)16-8-5-15-17-9(8)14/h1-5,16H,(H3,14,15,17). The highest BCUT2D eigenvalue weighted by molar-refractivity contribution is 5.68. The fraction of sp³-hybridized carbons (Fsp3) is 0.100. The molecule has 90 valence electrons. The van der Waals surface area contributed by atoms with Crippen molar-refractivity contribution in [1.29, 1.82) is 0 Å². The van der Waals surface area contributed by atoms with E-state index < -0.39 is 11.7 Å². The maximum Gasteiger partial charge on any atom is 0.416 e. The molecule has 1 aromatic carbocycles. The number of halogens is 3. The Morgan fingerprint density at radius 2 is 1.82 bits per heavy atom. The third-order valence-electron chi connectivity index (χ3n) is 2.16. The largest absolute Gasteiger partial charge is 0.416 e. The molecule has 0 fully saturated rings. The Bertz CT molecular complexity index is 501. The molecule has 0 amide bonds. The fourth-order valence-corrected chi connectivity index (χ4v) is 1.30. The van der Waals surface area contributed by atoms with Crippen molar-refractivity contribution in [2.24, 2.45) is 0 Å². The van der Waals surface area contributed by atoms with Gasteiger partial charge in [-0.3, -0.25) is 5.10 Å². The van der Waals surface area contributed by atoms with Crippen LogP contribution in [0.1, 0.15) is 5.56 Å². The number of rotatable bonds is 2. The highest BCUT2D eigenvalue weighted by atomic mass is 19.4. The van der Waals surface area contributed by atoms with Gasteiger partial charge in [-0.25, -0.2) is 0 Å². The minimum absolute atomic E-state index is 0.255. The zero-order valence-electron chi connectivity index (χ0n) is 8.55. The van der Waals surface area contributed by atoms with Crippen molar-refractivity contribution in [1.82, 2.24) is 10.2 Å². The summed E-state index contributed by atoms with van der Waals surface area (Å²) in [7, 11) is 0. The molecule has 0 unspecified atom stereocenters. The SMILES string of the molecule is Nc1n[nH]cc1Nc1ccc(C(F)(F)F)cc1. The van der Waals surface area contributed by atoms with Crippen molar-refractivity contribution < 1.29 is 13.2 Å². The van der Waals surface area contributed by atoms with Crippen molar-refractivity contribution in [2.75, 3.05) is 11.1 Å². The molecule has 17 heavy (non-hydrogen) atoms. The molecule has 0 aliphatic rings. The molecule has 2 aromatic rings. The molecule has 0 atom stereocenters. The van der Waals surface area contributed by atoms with Crippen LogP contribution in [0.15, 0.2) is 30.5 Å². The monoisotopic (exact) mass is 242 g/mol. The summed E-state index contributed by atoms with van der Waals surface area (Å²) < 4.78 is 36.9. The van der Waals surface area contributed by atoms with Crippen LogP contribution in [0.2, 0.25) is 0 Å². The summed E-state index contributed by atoms with van der Waals surface area (Å²) >= 11 is 0. The van der Waals surface area contributed by atoms with Gasteiger partial charge in [-0.15, -0.1) is 0 Å². The van der Waals surface area contributed by atoms with E-state index in [2.05, 4.69) is 15.5 Å². The Labute approximate surface area is 94.6 Å². The number of hydrogen-bond acceptors (Lipinski definition) is 3. The smallest absolute Gasteiger partial charge is 0.380 e. The number of nitrogen functional groups attached to an aromatic ring is 1. The van der Waals surface area contributed by atoms with Gasteiger partial charge in [0.25, 0.3) is 0 Å². The second-order valence-electron chi connectivity index (χ2n) is 3.38. The summed E-state index contributed by atoms with van der Waals surface area (Å²) in [5.41, 5.74) is 5.84. The van der Waals surface area contributed by atoms with Crippen LogP contribution < -0.4 is 11.1 Å². The molecular weight excluding hydrogens is 233 g/mol. The first-order valence-electron chi connectivity index (χ1n) is 4.70. The first-order valence-corrected chi connectivity index (χ1v) is 4.70. The third-order valence-corrected chi connectivity index (χ3v) is 2.16. The Morgan fingerprint density at radius 1 is 1.18 bits per heavy atom. The lowest BCUT2D eigenvalue weighted by molar-refractivity contribution is -0.137. The van der Waals surface area contributed by atoms with Gasteiger partial charge in [0.2, 0.25) is 0 Å². The van der Waals surface area contributed by atoms with E-state index in [9.17, 15) is 13.2 Å². The maximum atomic E-state index is 12.3. The van der Waals surface area contributed by atoms with E-state index in [0.29, 0.717) is 11.4 Å². The average Bonchev–Trinajstić information content (AvgIpc) is 2.64. The molecule has 2 rings (SSSR count). The Balaban J connectivity index is 2.17. The summed E-state index contributed by atoms with van der Waals surface area (Å²) in [5.74, 6) is 0.255. The third kappa shape index (κ3) is 2.49. The normalized spacial score (nSPS) is 11.5. The second-order valence-corrected chi connectivity index (χ2v) is 3.38. The Morgan fingerprint density at radius 3 is 2.29 bits per heavy atom. The van der Waals surface area contributed by atoms with Crippen molar-refractivity contribution in [3.8, 4) is 0 Å². The van der Waals surface area contributed by atoms with Crippen LogP contribution in [0, 0.1) is 0 Å². The Hall–Kier alpha value is -2.18. The van der Waals surface area contributed by atoms with E-state index in [4.69, 9.17) is 5.73 Å². The van der Waals surface area contributed by atoms with E-state index in [1.807, 2.05) is 0 Å². The van der Waals surface area contributed by atoms with Crippen LogP contribution in [0.4, 0.5) is 30.4 Å². The van der Waals surface area contributed by atoms with Gasteiger partial charge in [0.15, 0.2) is 5.82 Å². The van der Waals surface area contributed by atoms with Crippen molar-refractivity contribution in [2.45, 2.75) is 6.18 Å². The molecular formula is C10H9F3N4. The maximum absolute atomic E-state index is 12.3. The first kappa shape index (κ1) is 11.3. The number of nitrogens with one attached hydrogen (secondary N) is 2. The van der Waals surface area contributed by atoms with E-state index in [1.54, 1.807) is 0 Å². The molecule has 7 heteroatoms. The van der Waals surface area contributed by atoms with Crippen molar-refractivity contribution >= 4 is 17.2 Å². The molecule has 1 heterocycles. The lowest BCUT2D eigenvalue weighted by Gasteiger charge is -2.08. The van der Waals surface area contributed by atoms with Crippen molar-refractivity contribution in [3.63, 3.8) is 0 Å². The number of nitrogens with zero attached hydrogens (tertiary/aromatic N) is 1. The van der Waals surface area contributed by atoms with Crippen LogP contribution in [-0.4, -0.2) is 10.2 Å². The van der Waals surface area contributed by atoms with Crippen LogP contribution in [-0.2, 0) is 6.18 Å². The molecule has 0 radical (unpaired) electrons. The number of nitrogens with two attached hydrogens (primary N) is 1. The lowest BCUT2D eigenvalue weighted by atomic mass is 10.2. The predicted molar refractivity (Wildman–Crippen MR) is 57.7 cm³/mol. The number of aromatic amines is 1. The van der Waals surface area contributed by atoms with E-state index >= 15 is 0 Å². The van der Waals surface area contributed by atoms with Gasteiger partial charge in [-0.1, -0.05) is 0 Å². The van der Waals surface area contributed by atoms with Gasteiger partial charge in [-0.05, 0) is 24.3 Å². The highest BCUT2D eigenvalue weighted by Crippen LogP contribution is 2.30. The molecule has 0 aliphatic carbocycles. The van der Waals surface area contributed by atoms with Crippen LogP contribution >= 0.6 is 0 Å². The number of hydrogen-bond donors (Lipinski definition) is 3. The average molecular weight is 242 g/mol. The minimum Gasteiger partial charge on any atom is -0.380 e. The number of aromatic nitrogens is 2. The molecule has 1 aromatic heterocycles. The summed E-state index contributed by atoms with van der Waals surface area (Å²) in [6.45, 7) is 0. The van der Waals surface area contributed by atoms with E-state index in [1.165, 1.54) is 18.3 Å². The second kappa shape index (κ2) is 4.00. The van der Waals surface area contributed by atoms with Crippen LogP contribution in [0.3, 0.4) is 0 Å². The molecule has 0 saturated carbocycles. The summed E-state index contributed by atoms with van der Waals surface area (Å²) in [6.07, 6.45) is -2.81. The van der Waals surface area contributed by atoms with Gasteiger partial charge in [-0.2, -0.15) is 18.3 Å². The minimum atomic E-state index is -4.33. The fourth-order valence-electron chi connectivity index (χ4n) is 1.30. The summed E-state index contributed by atoms with van der Waals surface area (Å²) in [6, 6.07) is 4.65. The van der Waals surface area contributed by atoms with Crippen molar-refractivity contribution in [3.05, 3.63) is 36.0 Å². The predicted octanol–water partition coefficient (Wildman–Crippen LogP) is 2.75. The quantitative estimate of drug-likeness (QED) is 0.758. The van der Waals surface area contributed by atoms with Gasteiger partial charge in [0, 0.05) is 11.9 Å². The van der Waals surface area contributed by atoms with E-state index in [-0.39, 0.29) is 5.82 Å². The molecule has 0 spiro atoms. The van der Waals surface area contributed by atoms with Crippen LogP contribution in [0.5, 0.6) is 0 Å². The molecule has 4 N–H and O–H groups in total. The van der Waals surface area contributed by atoms with Gasteiger partial charge < -0.3 is 11.1 Å². The zero-order valence-corrected chi connectivity index (χ0v) is 8.55.